The molecule has 0 amide bonds. The van der Waals surface area contributed by atoms with Gasteiger partial charge in [0.15, 0.2) is 0 Å². The average molecular weight is 2140 g/mol. The summed E-state index contributed by atoms with van der Waals surface area (Å²) in [5.74, 6) is 1.66. The summed E-state index contributed by atoms with van der Waals surface area (Å²) in [6.07, 6.45) is 9.72. The number of esters is 1. The molecule has 4 aromatic carbocycles. The van der Waals surface area contributed by atoms with E-state index < -0.39 is 5.97 Å². The number of piperazine rings is 2. The van der Waals surface area contributed by atoms with E-state index in [9.17, 15) is 14.7 Å². The van der Waals surface area contributed by atoms with Crippen molar-refractivity contribution in [1.29, 1.82) is 0 Å². The van der Waals surface area contributed by atoms with E-state index in [1.54, 1.807) is 6.20 Å². The van der Waals surface area contributed by atoms with E-state index in [0.29, 0.717) is 55.1 Å². The number of carbonyl (C=O) groups excluding carboxylic acids is 1. The Labute approximate surface area is 578 Å². The number of aromatic carboxylic acids is 1. The summed E-state index contributed by atoms with van der Waals surface area (Å²) < 4.78 is 20.6. The van der Waals surface area contributed by atoms with Crippen LogP contribution in [0.5, 0.6) is 0 Å². The molecule has 2 atom stereocenters. The summed E-state index contributed by atoms with van der Waals surface area (Å²) in [7, 11) is 4.33. The van der Waals surface area contributed by atoms with Crippen molar-refractivity contribution in [2.75, 3.05) is 69.3 Å². The molecule has 4 fully saturated rings. The molecule has 0 bridgehead atoms. The van der Waals surface area contributed by atoms with Crippen LogP contribution in [0.3, 0.4) is 0 Å². The number of anilines is 2. The molecule has 85 heavy (non-hydrogen) atoms. The first-order chi connectivity index (χ1) is 40.7. The van der Waals surface area contributed by atoms with E-state index in [-0.39, 0.29) is 29.7 Å². The van der Waals surface area contributed by atoms with Crippen molar-refractivity contribution in [3.05, 3.63) is 139 Å². The standard InChI is InChI=1S/C30H32Cl2N4O3.C29H30Cl2N4O3.I8/c1-18-16-36(20-9-10-21-23(30(37)38-3)17-34(2)26(21)15-20)14-13-35(18)12-11-22-28(33-39-29(22)19-7-8-19)27-24(31)5-4-6-25(27)32;1-17-15-35(19-8-9-20-22(29(36)37)16-33(2)25(20)14-19)13-12-34(17)11-10-21-27(32-38-28(21)18-6-7-18)26-23(30)4-3-5-24(26)31;1-6(2)8(5)7(3)4/h4-6,9-10,15,17-19H,7-8,11-14,16H2,1-3H3;3-5,8-9,14,16-18H,6-7,10-13,15H2,1-2H3,(H,36,37);. The fourth-order valence-corrected chi connectivity index (χ4v) is 432. The quantitative estimate of drug-likeness (QED) is 0.0728. The number of halogens is 12. The summed E-state index contributed by atoms with van der Waals surface area (Å²) in [4.78, 5) is 33.6. The zero-order valence-corrected chi connectivity index (χ0v) is 67.2. The number of ether oxygens (including phenoxy) is 1. The van der Waals surface area contributed by atoms with Crippen LogP contribution >= 0.6 is 163 Å². The van der Waals surface area contributed by atoms with Gasteiger partial charge in [-0.1, -0.05) is 68.8 Å². The SMILES string of the molecule is CC1CN(c2ccc3c(C(=O)O)cn(C)c3c2)CCN1CCc1c(-c2c(Cl)cccc2Cl)noc1C1CC1.COC(=O)c1cn(C)c2cc(N3CCN(CCc4c(-c5c(Cl)cccc5Cl)noc4C4CC4)C(C)C3)ccc12.II(I)I(I)I(I)I. The van der Waals surface area contributed by atoms with Gasteiger partial charge < -0.3 is 37.8 Å². The third-order valence-corrected chi connectivity index (χ3v) is 348. The number of rotatable bonds is 16. The molecule has 2 saturated heterocycles. The van der Waals surface area contributed by atoms with Gasteiger partial charge in [-0.25, -0.2) is 9.59 Å². The van der Waals surface area contributed by atoms with Gasteiger partial charge in [0.25, 0.3) is 0 Å². The topological polar surface area (TPSA) is 138 Å². The van der Waals surface area contributed by atoms with Crippen molar-refractivity contribution in [3.63, 3.8) is 0 Å². The summed E-state index contributed by atoms with van der Waals surface area (Å²) in [6, 6.07) is 24.2. The Kier molecular flexibility index (Phi) is 24.1. The summed E-state index contributed by atoms with van der Waals surface area (Å²) >= 11 is 39.8. The fraction of sp³-hybridized carbons (Fsp3) is 0.390. The van der Waals surface area contributed by atoms with Crippen molar-refractivity contribution in [2.24, 2.45) is 14.1 Å². The van der Waals surface area contributed by atoms with Gasteiger partial charge in [0.1, 0.15) is 22.9 Å². The number of carbonyl (C=O) groups is 2. The molecule has 0 spiro atoms. The molecule has 2 unspecified atom stereocenters. The Morgan fingerprint density at radius 1 is 0.624 bits per heavy atom. The molecular formula is C59H62Cl4I8N8O6. The number of methoxy groups -OCH3 is 1. The van der Waals surface area contributed by atoms with Crippen LogP contribution in [0.25, 0.3) is 44.3 Å². The maximum atomic E-state index is 12.2. The van der Waals surface area contributed by atoms with Crippen molar-refractivity contribution < 1.29 is 28.5 Å². The first-order valence-corrected chi connectivity index (χ1v) is 73.0. The molecule has 8 aromatic rings. The molecule has 2 aliphatic heterocycles. The van der Waals surface area contributed by atoms with Crippen molar-refractivity contribution >= 4 is 208 Å². The maximum absolute atomic E-state index is 12.2. The number of aryl methyl sites for hydroxylation is 2. The number of hydrogen-bond acceptors (Lipinski definition) is 11. The Morgan fingerprint density at radius 3 is 1.38 bits per heavy atom. The van der Waals surface area contributed by atoms with Crippen LogP contribution in [0.4, 0.5) is 11.4 Å². The molecule has 4 aromatic heterocycles. The second kappa shape index (κ2) is 30.3. The first-order valence-electron chi connectivity index (χ1n) is 27.5. The van der Waals surface area contributed by atoms with Gasteiger partial charge in [0.2, 0.25) is 0 Å². The predicted octanol–water partition coefficient (Wildman–Crippen LogP) is 20.1. The van der Waals surface area contributed by atoms with Crippen LogP contribution in [-0.4, -0.2) is 118 Å². The number of fused-ring (bicyclic) bond motifs is 2. The van der Waals surface area contributed by atoms with Crippen LogP contribution in [0.15, 0.2) is 94.2 Å². The second-order valence-corrected chi connectivity index (χ2v) is 169. The zero-order valence-electron chi connectivity index (χ0n) is 46.9. The number of hydrogen-bond donors (Lipinski definition) is 1. The van der Waals surface area contributed by atoms with Crippen LogP contribution in [0, 0.1) is 0 Å². The molecule has 2 saturated carbocycles. The number of aromatic nitrogens is 4. The molecule has 0 radical (unpaired) electrons. The molecule has 6 heterocycles. The van der Waals surface area contributed by atoms with Crippen molar-refractivity contribution in [1.82, 2.24) is 29.2 Å². The average Bonchev–Trinajstić information content (AvgIpc) is 2.61. The Bertz CT molecular complexity index is 3680. The molecule has 4 aliphatic rings. The van der Waals surface area contributed by atoms with E-state index >= 15 is 0 Å². The normalized spacial score (nSPS) is 18.0. The summed E-state index contributed by atoms with van der Waals surface area (Å²) in [6.45, 7) is 11.9. The van der Waals surface area contributed by atoms with Gasteiger partial charge in [-0.3, -0.25) is 9.80 Å². The van der Waals surface area contributed by atoms with E-state index in [2.05, 4.69) is 155 Å². The van der Waals surface area contributed by atoms with Crippen LogP contribution in [0.1, 0.15) is 94.7 Å². The molecular weight excluding hydrogens is 2070 g/mol. The monoisotopic (exact) mass is 2130 g/mol. The number of carboxylic acid groups (broad SMARTS) is 1. The third-order valence-electron chi connectivity index (χ3n) is 16.2. The van der Waals surface area contributed by atoms with E-state index in [4.69, 9.17) is 60.2 Å². The van der Waals surface area contributed by atoms with Gasteiger partial charge in [-0.05, 0) is 113 Å². The van der Waals surface area contributed by atoms with E-state index in [0.717, 1.165) is 169 Å². The van der Waals surface area contributed by atoms with Crippen molar-refractivity contribution in [3.8, 4) is 22.5 Å². The minimum absolute atomic E-state index is 0.275. The predicted molar refractivity (Wildman–Crippen MR) is 418 cm³/mol. The van der Waals surface area contributed by atoms with E-state index in [1.807, 2.05) is 84.0 Å². The van der Waals surface area contributed by atoms with Crippen LogP contribution in [0.2, 0.25) is 20.1 Å². The summed E-state index contributed by atoms with van der Waals surface area (Å²) in [5.41, 5.74) is 10.5. The number of benzene rings is 4. The molecule has 1 N–H and O–H groups in total. The van der Waals surface area contributed by atoms with Gasteiger partial charge in [-0.15, -0.1) is 0 Å². The first kappa shape index (κ1) is 67.7. The molecule has 26 heteroatoms. The zero-order chi connectivity index (χ0) is 60.5. The van der Waals surface area contributed by atoms with E-state index in [1.165, 1.54) is 7.11 Å². The Morgan fingerprint density at radius 2 is 1.02 bits per heavy atom. The van der Waals surface area contributed by atoms with Gasteiger partial charge >= 0.3 is 129 Å². The molecule has 12 rings (SSSR count). The van der Waals surface area contributed by atoms with Gasteiger partial charge in [-0.2, -0.15) is 0 Å². The Balaban J connectivity index is 0.000000168. The Hall–Kier alpha value is -0.160. The molecule has 458 valence electrons. The van der Waals surface area contributed by atoms with Crippen molar-refractivity contribution in [2.45, 2.75) is 76.3 Å². The summed E-state index contributed by atoms with van der Waals surface area (Å²) in [5, 5.41) is 22.4. The fourth-order valence-electron chi connectivity index (χ4n) is 11.5. The van der Waals surface area contributed by atoms with Crippen LogP contribution < -0.4 is 9.80 Å². The molecule has 2 aliphatic carbocycles. The number of nitrogens with zero attached hydrogens (tertiary/aromatic N) is 8. The second-order valence-electron chi connectivity index (χ2n) is 21.6. The minimum atomic E-state index is -0.900. The van der Waals surface area contributed by atoms with Crippen LogP contribution in [-0.2, 0) is 31.7 Å². The number of carboxylic acids is 1. The van der Waals surface area contributed by atoms with Gasteiger partial charge in [0.05, 0.1) is 49.4 Å². The van der Waals surface area contributed by atoms with Gasteiger partial charge in [0, 0.05) is 147 Å². The third kappa shape index (κ3) is 15.9. The molecule has 14 nitrogen and oxygen atoms in total.